The van der Waals surface area contributed by atoms with Crippen LogP contribution in [0, 0.1) is 13.8 Å². The van der Waals surface area contributed by atoms with Crippen molar-refractivity contribution in [2.45, 2.75) is 77.8 Å². The van der Waals surface area contributed by atoms with E-state index in [1.54, 1.807) is 11.3 Å². The first-order chi connectivity index (χ1) is 16.1. The largest absolute Gasteiger partial charge is 0.292 e. The number of aryl methyl sites for hydroxylation is 2. The van der Waals surface area contributed by atoms with Crippen LogP contribution in [0.5, 0.6) is 0 Å². The standard InChI is InChI=1S/C26H31N5OS/c1-18-14-19(2)30(28-18)17-20-15-24(31(29-20)21-8-4-3-5-9-21)23-11-6-12-27-26(23)25(32)16-22-10-7-13-33-22/h7,10,12-15,21H,3-6,8-9,11,16-17H2,1-2H3. The topological polar surface area (TPSA) is 65.1 Å². The molecule has 1 aliphatic carbocycles. The van der Waals surface area contributed by atoms with Crippen molar-refractivity contribution >= 4 is 28.9 Å². The second-order valence-electron chi connectivity index (χ2n) is 9.20. The van der Waals surface area contributed by atoms with Gasteiger partial charge in [0.05, 0.1) is 29.7 Å². The van der Waals surface area contributed by atoms with Gasteiger partial charge in [-0.1, -0.05) is 25.3 Å². The summed E-state index contributed by atoms with van der Waals surface area (Å²) in [6.07, 6.45) is 10.0. The predicted octanol–water partition coefficient (Wildman–Crippen LogP) is 5.70. The van der Waals surface area contributed by atoms with Gasteiger partial charge in [-0.3, -0.25) is 19.2 Å². The van der Waals surface area contributed by atoms with Crippen molar-refractivity contribution in [3.8, 4) is 0 Å². The summed E-state index contributed by atoms with van der Waals surface area (Å²) in [5.74, 6) is 0.0971. The number of thiophene rings is 1. The lowest BCUT2D eigenvalue weighted by molar-refractivity contribution is -0.114. The Morgan fingerprint density at radius 1 is 1.15 bits per heavy atom. The molecule has 0 unspecified atom stereocenters. The van der Waals surface area contributed by atoms with Gasteiger partial charge in [-0.15, -0.1) is 11.3 Å². The monoisotopic (exact) mass is 461 g/mol. The van der Waals surface area contributed by atoms with Gasteiger partial charge in [-0.2, -0.15) is 10.2 Å². The summed E-state index contributed by atoms with van der Waals surface area (Å²) in [6.45, 7) is 4.74. The molecule has 3 aromatic rings. The fourth-order valence-electron chi connectivity index (χ4n) is 5.05. The van der Waals surface area contributed by atoms with Gasteiger partial charge in [0.25, 0.3) is 0 Å². The smallest absolute Gasteiger partial charge is 0.186 e. The molecule has 0 bridgehead atoms. The number of hydrogen-bond acceptors (Lipinski definition) is 5. The molecule has 0 spiro atoms. The van der Waals surface area contributed by atoms with Crippen molar-refractivity contribution in [2.75, 3.05) is 0 Å². The third kappa shape index (κ3) is 4.78. The second kappa shape index (κ2) is 9.59. The van der Waals surface area contributed by atoms with Crippen LogP contribution in [0.15, 0.2) is 40.3 Å². The summed E-state index contributed by atoms with van der Waals surface area (Å²) < 4.78 is 4.23. The van der Waals surface area contributed by atoms with E-state index in [2.05, 4.69) is 33.8 Å². The molecule has 1 aliphatic heterocycles. The van der Waals surface area contributed by atoms with Crippen LogP contribution in [0.2, 0.25) is 0 Å². The molecule has 0 saturated heterocycles. The Bertz CT molecular complexity index is 1190. The first-order valence-electron chi connectivity index (χ1n) is 12.0. The lowest BCUT2D eigenvalue weighted by Gasteiger charge is -2.25. The summed E-state index contributed by atoms with van der Waals surface area (Å²) >= 11 is 1.62. The van der Waals surface area contributed by atoms with Crippen molar-refractivity contribution in [2.24, 2.45) is 4.99 Å². The van der Waals surface area contributed by atoms with Crippen molar-refractivity contribution in [1.29, 1.82) is 0 Å². The zero-order valence-electron chi connectivity index (χ0n) is 19.5. The van der Waals surface area contributed by atoms with Crippen LogP contribution >= 0.6 is 11.3 Å². The van der Waals surface area contributed by atoms with E-state index in [0.717, 1.165) is 58.9 Å². The van der Waals surface area contributed by atoms with Gasteiger partial charge in [0.2, 0.25) is 0 Å². The molecule has 172 valence electrons. The van der Waals surface area contributed by atoms with E-state index in [1.165, 1.54) is 19.3 Å². The number of ketones is 1. The SMILES string of the molecule is Cc1cc(C)n(Cc2cc(C3=C(C(=O)Cc4cccs4)N=CCC3)n(C3CCCCC3)n2)n1. The molecule has 1 saturated carbocycles. The van der Waals surface area contributed by atoms with Gasteiger partial charge in [0, 0.05) is 28.8 Å². The average molecular weight is 462 g/mol. The number of rotatable bonds is 7. The summed E-state index contributed by atoms with van der Waals surface area (Å²) in [5, 5.41) is 11.7. The first-order valence-corrected chi connectivity index (χ1v) is 12.9. The molecule has 0 atom stereocenters. The molecule has 0 radical (unpaired) electrons. The van der Waals surface area contributed by atoms with Gasteiger partial charge < -0.3 is 0 Å². The number of carbonyl (C=O) groups is 1. The Morgan fingerprint density at radius 2 is 2.00 bits per heavy atom. The number of aliphatic imine (C=N–C) groups is 1. The molecular weight excluding hydrogens is 430 g/mol. The van der Waals surface area contributed by atoms with Crippen LogP contribution < -0.4 is 0 Å². The van der Waals surface area contributed by atoms with E-state index in [9.17, 15) is 4.79 Å². The number of Topliss-reactive ketones (excluding diaryl/α,β-unsaturated/α-hetero) is 1. The third-order valence-electron chi connectivity index (χ3n) is 6.64. The van der Waals surface area contributed by atoms with E-state index < -0.39 is 0 Å². The molecule has 0 amide bonds. The fraction of sp³-hybridized carbons (Fsp3) is 0.462. The van der Waals surface area contributed by atoms with Gasteiger partial charge >= 0.3 is 0 Å². The summed E-state index contributed by atoms with van der Waals surface area (Å²) in [4.78, 5) is 19.0. The zero-order valence-corrected chi connectivity index (χ0v) is 20.3. The Labute approximate surface area is 199 Å². The number of allylic oxidation sites excluding steroid dienone is 2. The first kappa shape index (κ1) is 22.0. The molecule has 4 heterocycles. The zero-order chi connectivity index (χ0) is 22.8. The van der Waals surface area contributed by atoms with E-state index in [1.807, 2.05) is 35.3 Å². The maximum absolute atomic E-state index is 13.3. The Hall–Kier alpha value is -2.80. The molecule has 3 aromatic heterocycles. The molecule has 33 heavy (non-hydrogen) atoms. The fourth-order valence-corrected chi connectivity index (χ4v) is 5.75. The molecule has 6 nitrogen and oxygen atoms in total. The summed E-state index contributed by atoms with van der Waals surface area (Å²) in [5.41, 5.74) is 5.89. The minimum atomic E-state index is 0.0971. The number of aromatic nitrogens is 4. The van der Waals surface area contributed by atoms with Crippen LogP contribution in [-0.2, 0) is 17.8 Å². The molecule has 7 heteroatoms. The van der Waals surface area contributed by atoms with Crippen molar-refractivity contribution < 1.29 is 4.79 Å². The lowest BCUT2D eigenvalue weighted by Crippen LogP contribution is -2.18. The normalized spacial score (nSPS) is 17.2. The van der Waals surface area contributed by atoms with Crippen molar-refractivity contribution in [3.63, 3.8) is 0 Å². The van der Waals surface area contributed by atoms with Gasteiger partial charge in [-0.05, 0) is 63.1 Å². The molecule has 0 N–H and O–H groups in total. The van der Waals surface area contributed by atoms with Crippen LogP contribution in [0.1, 0.15) is 78.6 Å². The van der Waals surface area contributed by atoms with E-state index in [0.29, 0.717) is 24.7 Å². The van der Waals surface area contributed by atoms with Crippen molar-refractivity contribution in [1.82, 2.24) is 19.6 Å². The number of carbonyl (C=O) groups excluding carboxylic acids is 1. The van der Waals surface area contributed by atoms with E-state index in [-0.39, 0.29) is 5.78 Å². The summed E-state index contributed by atoms with van der Waals surface area (Å²) in [7, 11) is 0. The molecular formula is C26H31N5OS. The Morgan fingerprint density at radius 3 is 2.73 bits per heavy atom. The maximum atomic E-state index is 13.3. The summed E-state index contributed by atoms with van der Waals surface area (Å²) in [6, 6.07) is 8.68. The third-order valence-corrected chi connectivity index (χ3v) is 7.52. The highest BCUT2D eigenvalue weighted by molar-refractivity contribution is 7.10. The van der Waals surface area contributed by atoms with Crippen molar-refractivity contribution in [3.05, 3.63) is 63.0 Å². The van der Waals surface area contributed by atoms with Crippen LogP contribution in [0.3, 0.4) is 0 Å². The van der Waals surface area contributed by atoms with Gasteiger partial charge in [-0.25, -0.2) is 0 Å². The van der Waals surface area contributed by atoms with Gasteiger partial charge in [0.15, 0.2) is 5.78 Å². The number of nitrogens with zero attached hydrogens (tertiary/aromatic N) is 5. The quantitative estimate of drug-likeness (QED) is 0.453. The molecule has 2 aliphatic rings. The Kier molecular flexibility index (Phi) is 6.40. The van der Waals surface area contributed by atoms with Crippen LogP contribution in [0.4, 0.5) is 0 Å². The predicted molar refractivity (Wildman–Crippen MR) is 133 cm³/mol. The average Bonchev–Trinajstić information content (AvgIpc) is 3.55. The lowest BCUT2D eigenvalue weighted by atomic mass is 9.94. The van der Waals surface area contributed by atoms with E-state index >= 15 is 0 Å². The minimum absolute atomic E-state index is 0.0971. The van der Waals surface area contributed by atoms with Crippen LogP contribution in [0.25, 0.3) is 5.57 Å². The van der Waals surface area contributed by atoms with E-state index in [4.69, 9.17) is 5.10 Å². The minimum Gasteiger partial charge on any atom is -0.292 e. The highest BCUT2D eigenvalue weighted by atomic mass is 32.1. The van der Waals surface area contributed by atoms with Gasteiger partial charge in [0.1, 0.15) is 5.70 Å². The molecule has 1 fully saturated rings. The highest BCUT2D eigenvalue weighted by Crippen LogP contribution is 2.35. The number of hydrogen-bond donors (Lipinski definition) is 0. The Balaban J connectivity index is 1.54. The van der Waals surface area contributed by atoms with Crippen LogP contribution in [-0.4, -0.2) is 31.6 Å². The maximum Gasteiger partial charge on any atom is 0.186 e. The molecule has 0 aromatic carbocycles. The second-order valence-corrected chi connectivity index (χ2v) is 10.2. The highest BCUT2D eigenvalue weighted by Gasteiger charge is 2.26. The molecule has 5 rings (SSSR count).